The number of rotatable bonds is 4. The van der Waals surface area contributed by atoms with Crippen LogP contribution in [-0.4, -0.2) is 17.8 Å². The van der Waals surface area contributed by atoms with Gasteiger partial charge < -0.3 is 10.1 Å². The van der Waals surface area contributed by atoms with Gasteiger partial charge in [0.2, 0.25) is 5.91 Å². The number of ether oxygens (including phenoxy) is 1. The Bertz CT molecular complexity index is 409. The first kappa shape index (κ1) is 14.3. The lowest BCUT2D eigenvalue weighted by atomic mass is 10.1. The van der Waals surface area contributed by atoms with E-state index in [9.17, 15) is 4.79 Å². The number of alkyl halides is 1. The van der Waals surface area contributed by atoms with Gasteiger partial charge in [-0.2, -0.15) is 0 Å². The van der Waals surface area contributed by atoms with E-state index in [0.29, 0.717) is 16.5 Å². The molecule has 0 spiro atoms. The SMILES string of the molecule is COc1cc(NC(=O)C(Br)C(C)C)ccc1Cl. The molecule has 0 aromatic heterocycles. The van der Waals surface area contributed by atoms with Gasteiger partial charge in [-0.3, -0.25) is 4.79 Å². The molecule has 0 bridgehead atoms. The van der Waals surface area contributed by atoms with E-state index in [4.69, 9.17) is 16.3 Å². The summed E-state index contributed by atoms with van der Waals surface area (Å²) in [4.78, 5) is 11.6. The van der Waals surface area contributed by atoms with E-state index < -0.39 is 0 Å². The molecule has 1 unspecified atom stereocenters. The van der Waals surface area contributed by atoms with E-state index in [2.05, 4.69) is 21.2 Å². The van der Waals surface area contributed by atoms with Gasteiger partial charge in [-0.15, -0.1) is 0 Å². The number of carbonyl (C=O) groups is 1. The minimum absolute atomic E-state index is 0.0793. The lowest BCUT2D eigenvalue weighted by Gasteiger charge is -2.14. The molecule has 0 saturated carbocycles. The van der Waals surface area contributed by atoms with Crippen LogP contribution in [0.3, 0.4) is 0 Å². The van der Waals surface area contributed by atoms with Crippen LogP contribution in [0.15, 0.2) is 18.2 Å². The summed E-state index contributed by atoms with van der Waals surface area (Å²) in [5.74, 6) is 0.689. The Morgan fingerprint density at radius 1 is 1.47 bits per heavy atom. The molecular weight excluding hydrogens is 305 g/mol. The number of carbonyl (C=O) groups excluding carboxylic acids is 1. The largest absolute Gasteiger partial charge is 0.495 e. The third-order valence-corrected chi connectivity index (χ3v) is 4.04. The molecule has 3 nitrogen and oxygen atoms in total. The van der Waals surface area contributed by atoms with Crippen LogP contribution in [-0.2, 0) is 4.79 Å². The Morgan fingerprint density at radius 2 is 2.12 bits per heavy atom. The summed E-state index contributed by atoms with van der Waals surface area (Å²) in [6.07, 6.45) is 0. The third kappa shape index (κ3) is 3.89. The van der Waals surface area contributed by atoms with Gasteiger partial charge in [-0.25, -0.2) is 0 Å². The van der Waals surface area contributed by atoms with Gasteiger partial charge in [0, 0.05) is 11.8 Å². The first-order valence-electron chi connectivity index (χ1n) is 5.24. The van der Waals surface area contributed by atoms with E-state index in [1.807, 2.05) is 13.8 Å². The van der Waals surface area contributed by atoms with Gasteiger partial charge in [-0.1, -0.05) is 41.4 Å². The molecule has 1 rings (SSSR count). The topological polar surface area (TPSA) is 38.3 Å². The second kappa shape index (κ2) is 6.26. The summed E-state index contributed by atoms with van der Waals surface area (Å²) in [6, 6.07) is 5.12. The number of hydrogen-bond acceptors (Lipinski definition) is 2. The number of amides is 1. The molecule has 0 aliphatic rings. The van der Waals surface area contributed by atoms with Gasteiger partial charge in [-0.05, 0) is 18.1 Å². The predicted molar refractivity (Wildman–Crippen MR) is 74.2 cm³/mol. The Labute approximate surface area is 115 Å². The average molecular weight is 321 g/mol. The summed E-state index contributed by atoms with van der Waals surface area (Å²) in [7, 11) is 1.54. The number of hydrogen-bond donors (Lipinski definition) is 1. The summed E-state index contributed by atoms with van der Waals surface area (Å²) in [6.45, 7) is 3.95. The lowest BCUT2D eigenvalue weighted by Crippen LogP contribution is -2.26. The van der Waals surface area contributed by atoms with Crippen molar-refractivity contribution in [2.24, 2.45) is 5.92 Å². The van der Waals surface area contributed by atoms with Crippen LogP contribution >= 0.6 is 27.5 Å². The fourth-order valence-electron chi connectivity index (χ4n) is 1.25. The summed E-state index contributed by atoms with van der Waals surface area (Å²) in [5.41, 5.74) is 0.668. The predicted octanol–water partition coefficient (Wildman–Crippen LogP) is 3.71. The highest BCUT2D eigenvalue weighted by Gasteiger charge is 2.18. The Hall–Kier alpha value is -0.740. The van der Waals surface area contributed by atoms with Crippen LogP contribution in [0.25, 0.3) is 0 Å². The molecule has 1 atom stereocenters. The summed E-state index contributed by atoms with van der Waals surface area (Å²) >= 11 is 9.24. The van der Waals surface area contributed by atoms with Gasteiger partial charge in [0.25, 0.3) is 0 Å². The molecule has 17 heavy (non-hydrogen) atoms. The highest BCUT2D eigenvalue weighted by Crippen LogP contribution is 2.27. The van der Waals surface area contributed by atoms with E-state index in [0.717, 1.165) is 0 Å². The maximum Gasteiger partial charge on any atom is 0.238 e. The number of benzene rings is 1. The molecule has 0 radical (unpaired) electrons. The van der Waals surface area contributed by atoms with Gasteiger partial charge >= 0.3 is 0 Å². The van der Waals surface area contributed by atoms with Crippen molar-refractivity contribution in [2.45, 2.75) is 18.7 Å². The Balaban J connectivity index is 2.78. The maximum atomic E-state index is 11.8. The molecule has 1 aromatic rings. The van der Waals surface area contributed by atoms with Crippen LogP contribution in [0.2, 0.25) is 5.02 Å². The van der Waals surface area contributed by atoms with E-state index in [-0.39, 0.29) is 16.7 Å². The standard InChI is InChI=1S/C12H15BrClNO2/c1-7(2)11(13)12(16)15-8-4-5-9(14)10(6-8)17-3/h4-7,11H,1-3H3,(H,15,16). The van der Waals surface area contributed by atoms with Gasteiger partial charge in [0.1, 0.15) is 5.75 Å². The fraction of sp³-hybridized carbons (Fsp3) is 0.417. The second-order valence-corrected chi connectivity index (χ2v) is 5.38. The quantitative estimate of drug-likeness (QED) is 0.859. The van der Waals surface area contributed by atoms with Crippen LogP contribution in [0.4, 0.5) is 5.69 Å². The second-order valence-electron chi connectivity index (χ2n) is 3.98. The smallest absolute Gasteiger partial charge is 0.238 e. The normalized spacial score (nSPS) is 12.4. The van der Waals surface area contributed by atoms with Crippen molar-refractivity contribution in [1.82, 2.24) is 0 Å². The summed E-state index contributed by atoms with van der Waals surface area (Å²) < 4.78 is 5.08. The van der Waals surface area contributed by atoms with Crippen molar-refractivity contribution in [2.75, 3.05) is 12.4 Å². The van der Waals surface area contributed by atoms with Crippen LogP contribution < -0.4 is 10.1 Å². The molecular formula is C12H15BrClNO2. The fourth-order valence-corrected chi connectivity index (χ4v) is 1.56. The van der Waals surface area contributed by atoms with Gasteiger partial charge in [0.05, 0.1) is 17.0 Å². The third-order valence-electron chi connectivity index (χ3n) is 2.25. The van der Waals surface area contributed by atoms with Crippen LogP contribution in [0.1, 0.15) is 13.8 Å². The van der Waals surface area contributed by atoms with Crippen molar-refractivity contribution < 1.29 is 9.53 Å². The zero-order valence-electron chi connectivity index (χ0n) is 9.96. The molecule has 1 N–H and O–H groups in total. The van der Waals surface area contributed by atoms with E-state index >= 15 is 0 Å². The Morgan fingerprint density at radius 3 is 2.65 bits per heavy atom. The summed E-state index contributed by atoms with van der Waals surface area (Å²) in [5, 5.41) is 3.32. The minimum atomic E-state index is -0.218. The molecule has 0 saturated heterocycles. The number of methoxy groups -OCH3 is 1. The van der Waals surface area contributed by atoms with Crippen molar-refractivity contribution in [1.29, 1.82) is 0 Å². The van der Waals surface area contributed by atoms with Crippen molar-refractivity contribution in [3.05, 3.63) is 23.2 Å². The first-order chi connectivity index (χ1) is 7.95. The Kier molecular flexibility index (Phi) is 5.28. The molecule has 5 heteroatoms. The molecule has 1 aromatic carbocycles. The first-order valence-corrected chi connectivity index (χ1v) is 6.53. The van der Waals surface area contributed by atoms with Gasteiger partial charge in [0.15, 0.2) is 0 Å². The highest BCUT2D eigenvalue weighted by atomic mass is 79.9. The number of anilines is 1. The monoisotopic (exact) mass is 319 g/mol. The van der Waals surface area contributed by atoms with Crippen LogP contribution in [0.5, 0.6) is 5.75 Å². The molecule has 1 amide bonds. The zero-order chi connectivity index (χ0) is 13.0. The molecule has 0 aliphatic heterocycles. The lowest BCUT2D eigenvalue weighted by molar-refractivity contribution is -0.116. The molecule has 0 aliphatic carbocycles. The van der Waals surface area contributed by atoms with Crippen LogP contribution in [0, 0.1) is 5.92 Å². The molecule has 0 fully saturated rings. The molecule has 0 heterocycles. The average Bonchev–Trinajstić information content (AvgIpc) is 2.30. The van der Waals surface area contributed by atoms with E-state index in [1.54, 1.807) is 18.2 Å². The van der Waals surface area contributed by atoms with Crippen molar-refractivity contribution in [3.8, 4) is 5.75 Å². The highest BCUT2D eigenvalue weighted by molar-refractivity contribution is 9.10. The number of halogens is 2. The van der Waals surface area contributed by atoms with Crippen molar-refractivity contribution >= 4 is 39.1 Å². The number of nitrogens with one attached hydrogen (secondary N) is 1. The zero-order valence-corrected chi connectivity index (χ0v) is 12.3. The molecule has 94 valence electrons. The van der Waals surface area contributed by atoms with Crippen molar-refractivity contribution in [3.63, 3.8) is 0 Å². The van der Waals surface area contributed by atoms with E-state index in [1.165, 1.54) is 7.11 Å². The maximum absolute atomic E-state index is 11.8. The minimum Gasteiger partial charge on any atom is -0.495 e.